The molecule has 0 bridgehead atoms. The number of hydrogen-bond acceptors (Lipinski definition) is 4. The average Bonchev–Trinajstić information content (AvgIpc) is 2.47. The molecule has 1 heterocycles. The van der Waals surface area contributed by atoms with E-state index >= 15 is 0 Å². The summed E-state index contributed by atoms with van der Waals surface area (Å²) >= 11 is 18.8. The fourth-order valence-corrected chi connectivity index (χ4v) is 2.74. The van der Waals surface area contributed by atoms with Gasteiger partial charge in [0.1, 0.15) is 5.37 Å². The molecule has 0 radical (unpaired) electrons. The summed E-state index contributed by atoms with van der Waals surface area (Å²) in [6.45, 7) is 0. The van der Waals surface area contributed by atoms with Crippen LogP contribution in [0.1, 0.15) is 10.4 Å². The van der Waals surface area contributed by atoms with Gasteiger partial charge in [0.05, 0.1) is 0 Å². The first-order valence-corrected chi connectivity index (χ1v) is 7.84. The number of halogens is 3. The maximum Gasteiger partial charge on any atom is 0.252 e. The number of rotatable bonds is 4. The highest BCUT2D eigenvalue weighted by molar-refractivity contribution is 8.00. The molecule has 0 fully saturated rings. The molecular formula is C13H10Cl3N3OS. The van der Waals surface area contributed by atoms with Gasteiger partial charge in [0, 0.05) is 18.0 Å². The largest absolute Gasteiger partial charge is 0.336 e. The normalized spacial score (nSPS) is 12.7. The highest BCUT2D eigenvalue weighted by Crippen LogP contribution is 2.38. The first kappa shape index (κ1) is 16.4. The van der Waals surface area contributed by atoms with Crippen molar-refractivity contribution in [2.45, 2.75) is 14.3 Å². The molecule has 1 N–H and O–H groups in total. The zero-order valence-electron chi connectivity index (χ0n) is 10.5. The lowest BCUT2D eigenvalue weighted by molar-refractivity contribution is 0.0950. The van der Waals surface area contributed by atoms with Crippen molar-refractivity contribution < 1.29 is 4.79 Å². The highest BCUT2D eigenvalue weighted by atomic mass is 35.6. The number of benzene rings is 1. The molecule has 0 spiro atoms. The molecule has 1 unspecified atom stereocenters. The summed E-state index contributed by atoms with van der Waals surface area (Å²) in [6.07, 6.45) is 3.15. The third-order valence-corrected chi connectivity index (χ3v) is 4.53. The number of nitrogens with zero attached hydrogens (tertiary/aromatic N) is 2. The molecule has 21 heavy (non-hydrogen) atoms. The molecule has 8 heteroatoms. The first-order chi connectivity index (χ1) is 9.97. The quantitative estimate of drug-likeness (QED) is 0.390. The Morgan fingerprint density at radius 2 is 1.71 bits per heavy atom. The van der Waals surface area contributed by atoms with Crippen LogP contribution in [0.25, 0.3) is 0 Å². The minimum Gasteiger partial charge on any atom is -0.336 e. The summed E-state index contributed by atoms with van der Waals surface area (Å²) in [7, 11) is 0. The number of nitrogens with one attached hydrogen (secondary N) is 1. The number of alkyl halides is 3. The van der Waals surface area contributed by atoms with Crippen LogP contribution in [0.4, 0.5) is 0 Å². The van der Waals surface area contributed by atoms with E-state index in [1.165, 1.54) is 0 Å². The smallest absolute Gasteiger partial charge is 0.252 e. The number of carbonyl (C=O) groups excluding carboxylic acids is 1. The van der Waals surface area contributed by atoms with E-state index in [1.807, 2.05) is 6.07 Å². The van der Waals surface area contributed by atoms with E-state index in [1.54, 1.807) is 42.7 Å². The monoisotopic (exact) mass is 361 g/mol. The Bertz CT molecular complexity index is 593. The van der Waals surface area contributed by atoms with E-state index in [0.717, 1.165) is 11.8 Å². The van der Waals surface area contributed by atoms with Crippen molar-refractivity contribution in [2.24, 2.45) is 0 Å². The van der Waals surface area contributed by atoms with E-state index in [0.29, 0.717) is 10.7 Å². The van der Waals surface area contributed by atoms with Crippen LogP contribution in [0.15, 0.2) is 53.9 Å². The standard InChI is InChI=1S/C13H10Cl3N3OS/c14-13(15,16)11(21-12-17-7-4-8-18-12)19-10(20)9-5-2-1-3-6-9/h1-8,11H,(H,19,20). The Kier molecular flexibility index (Phi) is 5.70. The molecule has 4 nitrogen and oxygen atoms in total. The second-order valence-electron chi connectivity index (χ2n) is 3.91. The highest BCUT2D eigenvalue weighted by Gasteiger charge is 2.35. The van der Waals surface area contributed by atoms with Crippen LogP contribution < -0.4 is 5.32 Å². The SMILES string of the molecule is O=C(NC(Sc1ncccn1)C(Cl)(Cl)Cl)c1ccccc1. The van der Waals surface area contributed by atoms with Crippen LogP contribution >= 0.6 is 46.6 Å². The number of amides is 1. The minimum atomic E-state index is -1.70. The van der Waals surface area contributed by atoms with Crippen LogP contribution in [0, 0.1) is 0 Å². The van der Waals surface area contributed by atoms with Crippen molar-refractivity contribution in [3.63, 3.8) is 0 Å². The lowest BCUT2D eigenvalue weighted by Crippen LogP contribution is -2.41. The van der Waals surface area contributed by atoms with E-state index in [9.17, 15) is 4.79 Å². The minimum absolute atomic E-state index is 0.338. The van der Waals surface area contributed by atoms with Crippen LogP contribution in [0.2, 0.25) is 0 Å². The molecule has 1 atom stereocenters. The van der Waals surface area contributed by atoms with Crippen molar-refractivity contribution in [3.05, 3.63) is 54.4 Å². The fraction of sp³-hybridized carbons (Fsp3) is 0.154. The van der Waals surface area contributed by atoms with Crippen molar-refractivity contribution >= 4 is 52.5 Å². The third kappa shape index (κ3) is 5.04. The van der Waals surface area contributed by atoms with Gasteiger partial charge in [-0.3, -0.25) is 4.79 Å². The molecule has 1 aromatic heterocycles. The Hall–Kier alpha value is -1.01. The molecule has 1 amide bonds. The molecule has 2 aromatic rings. The van der Waals surface area contributed by atoms with Crippen molar-refractivity contribution in [1.29, 1.82) is 0 Å². The Balaban J connectivity index is 2.12. The summed E-state index contributed by atoms with van der Waals surface area (Å²) in [5.41, 5.74) is 0.478. The molecule has 0 aliphatic rings. The summed E-state index contributed by atoms with van der Waals surface area (Å²) in [5, 5.41) is 2.25. The Morgan fingerprint density at radius 3 is 2.29 bits per heavy atom. The van der Waals surface area contributed by atoms with E-state index in [-0.39, 0.29) is 5.91 Å². The second-order valence-corrected chi connectivity index (χ2v) is 7.35. The van der Waals surface area contributed by atoms with Crippen molar-refractivity contribution in [1.82, 2.24) is 15.3 Å². The van der Waals surface area contributed by atoms with E-state index in [4.69, 9.17) is 34.8 Å². The zero-order chi connectivity index (χ0) is 15.3. The van der Waals surface area contributed by atoms with E-state index in [2.05, 4.69) is 15.3 Å². The zero-order valence-corrected chi connectivity index (χ0v) is 13.6. The van der Waals surface area contributed by atoms with Gasteiger partial charge in [-0.1, -0.05) is 64.8 Å². The van der Waals surface area contributed by atoms with Gasteiger partial charge in [0.15, 0.2) is 5.16 Å². The van der Waals surface area contributed by atoms with Gasteiger partial charge in [0.25, 0.3) is 5.91 Å². The Morgan fingerprint density at radius 1 is 1.10 bits per heavy atom. The summed E-state index contributed by atoms with van der Waals surface area (Å²) in [6, 6.07) is 10.4. The average molecular weight is 363 g/mol. The molecule has 0 saturated carbocycles. The second kappa shape index (κ2) is 7.31. The predicted molar refractivity (Wildman–Crippen MR) is 85.9 cm³/mol. The van der Waals surface area contributed by atoms with Crippen LogP contribution in [-0.2, 0) is 0 Å². The van der Waals surface area contributed by atoms with Crippen LogP contribution in [0.3, 0.4) is 0 Å². The van der Waals surface area contributed by atoms with Gasteiger partial charge in [-0.15, -0.1) is 0 Å². The fourth-order valence-electron chi connectivity index (χ4n) is 1.42. The molecule has 0 aliphatic heterocycles. The number of thioether (sulfide) groups is 1. The summed E-state index contributed by atoms with van der Waals surface area (Å²) in [5.74, 6) is -0.338. The van der Waals surface area contributed by atoms with Crippen molar-refractivity contribution in [2.75, 3.05) is 0 Å². The topological polar surface area (TPSA) is 54.9 Å². The lowest BCUT2D eigenvalue weighted by atomic mass is 10.2. The molecule has 2 rings (SSSR count). The van der Waals surface area contributed by atoms with Gasteiger partial charge in [0.2, 0.25) is 3.79 Å². The maximum absolute atomic E-state index is 12.2. The third-order valence-electron chi connectivity index (χ3n) is 2.36. The number of hydrogen-bond donors (Lipinski definition) is 1. The predicted octanol–water partition coefficient (Wildman–Crippen LogP) is 3.70. The number of aromatic nitrogens is 2. The molecular weight excluding hydrogens is 353 g/mol. The van der Waals surface area contributed by atoms with E-state index < -0.39 is 9.17 Å². The van der Waals surface area contributed by atoms with Gasteiger partial charge in [-0.2, -0.15) is 0 Å². The van der Waals surface area contributed by atoms with Gasteiger partial charge < -0.3 is 5.32 Å². The van der Waals surface area contributed by atoms with Gasteiger partial charge in [-0.25, -0.2) is 9.97 Å². The Labute approximate surface area is 141 Å². The van der Waals surface area contributed by atoms with Gasteiger partial charge in [-0.05, 0) is 18.2 Å². The van der Waals surface area contributed by atoms with Gasteiger partial charge >= 0.3 is 0 Å². The molecule has 0 aliphatic carbocycles. The van der Waals surface area contributed by atoms with Crippen LogP contribution in [-0.4, -0.2) is 25.0 Å². The number of carbonyl (C=O) groups is 1. The molecule has 110 valence electrons. The van der Waals surface area contributed by atoms with Crippen molar-refractivity contribution in [3.8, 4) is 0 Å². The summed E-state index contributed by atoms with van der Waals surface area (Å²) < 4.78 is -1.70. The first-order valence-electron chi connectivity index (χ1n) is 5.83. The molecule has 1 aromatic carbocycles. The molecule has 0 saturated heterocycles. The van der Waals surface area contributed by atoms with Crippen LogP contribution in [0.5, 0.6) is 0 Å². The summed E-state index contributed by atoms with van der Waals surface area (Å²) in [4.78, 5) is 20.2. The maximum atomic E-state index is 12.2. The lowest BCUT2D eigenvalue weighted by Gasteiger charge is -2.24.